The van der Waals surface area contributed by atoms with Gasteiger partial charge >= 0.3 is 0 Å². The van der Waals surface area contributed by atoms with E-state index in [1.54, 1.807) is 0 Å². The number of aromatic nitrogens is 2. The highest BCUT2D eigenvalue weighted by molar-refractivity contribution is 7.98. The number of nitrogens with one attached hydrogen (secondary N) is 1. The Balaban J connectivity index is 2.00. The Bertz CT molecular complexity index is 645. The van der Waals surface area contributed by atoms with Crippen LogP contribution in [0.25, 0.3) is 11.0 Å². The monoisotopic (exact) mass is 283 g/mol. The van der Waals surface area contributed by atoms with E-state index in [0.29, 0.717) is 0 Å². The Morgan fingerprint density at radius 2 is 1.80 bits per heavy atom. The molecule has 0 aliphatic carbocycles. The molecule has 3 nitrogen and oxygen atoms in total. The Morgan fingerprint density at radius 1 is 1.05 bits per heavy atom. The minimum absolute atomic E-state index is 0.909. The second kappa shape index (κ2) is 6.01. The lowest BCUT2D eigenvalue weighted by atomic mass is 10.3. The maximum absolute atomic E-state index is 4.70. The third-order valence-electron chi connectivity index (χ3n) is 3.22. The van der Waals surface area contributed by atoms with Crippen LogP contribution in [0.3, 0.4) is 0 Å². The van der Waals surface area contributed by atoms with Gasteiger partial charge in [-0.2, -0.15) is 11.8 Å². The van der Waals surface area contributed by atoms with Crippen molar-refractivity contribution in [3.63, 3.8) is 0 Å². The first-order chi connectivity index (χ1) is 9.88. The molecule has 1 aromatic heterocycles. The molecule has 0 atom stereocenters. The molecule has 1 heterocycles. The summed E-state index contributed by atoms with van der Waals surface area (Å²) in [6, 6.07) is 18.5. The van der Waals surface area contributed by atoms with Gasteiger partial charge in [0.05, 0.1) is 11.0 Å². The number of imidazole rings is 1. The molecule has 1 N–H and O–H groups in total. The van der Waals surface area contributed by atoms with Crippen LogP contribution in [0.15, 0.2) is 54.6 Å². The zero-order valence-corrected chi connectivity index (χ0v) is 12.2. The van der Waals surface area contributed by atoms with E-state index >= 15 is 0 Å². The molecule has 0 aliphatic rings. The van der Waals surface area contributed by atoms with Crippen molar-refractivity contribution in [3.8, 4) is 0 Å². The lowest BCUT2D eigenvalue weighted by molar-refractivity contribution is 0.983. The number of anilines is 2. The van der Waals surface area contributed by atoms with Crippen LogP contribution in [0.5, 0.6) is 0 Å². The Labute approximate surface area is 123 Å². The van der Waals surface area contributed by atoms with E-state index < -0.39 is 0 Å². The van der Waals surface area contributed by atoms with Gasteiger partial charge in [0.25, 0.3) is 0 Å². The number of para-hydroxylation sites is 3. The largest absolute Gasteiger partial charge is 0.324 e. The summed E-state index contributed by atoms with van der Waals surface area (Å²) >= 11 is 1.84. The molecule has 20 heavy (non-hydrogen) atoms. The summed E-state index contributed by atoms with van der Waals surface area (Å²) in [6.07, 6.45) is 2.13. The molecule has 0 saturated heterocycles. The molecule has 0 spiro atoms. The topological polar surface area (TPSA) is 31.9 Å². The molecule has 0 radical (unpaired) electrons. The Hall–Kier alpha value is -1.94. The summed E-state index contributed by atoms with van der Waals surface area (Å²) < 4.78 is 0. The highest BCUT2D eigenvalue weighted by Crippen LogP contribution is 2.25. The zero-order chi connectivity index (χ0) is 13.8. The SMILES string of the molecule is CSCCN(c1ccccc1)c1nc2ccccc2[nH]1. The van der Waals surface area contributed by atoms with Crippen molar-refractivity contribution >= 4 is 34.4 Å². The number of hydrogen-bond acceptors (Lipinski definition) is 3. The zero-order valence-electron chi connectivity index (χ0n) is 11.4. The van der Waals surface area contributed by atoms with Crippen molar-refractivity contribution in [2.45, 2.75) is 0 Å². The van der Waals surface area contributed by atoms with Gasteiger partial charge in [-0.05, 0) is 30.5 Å². The Morgan fingerprint density at radius 3 is 2.55 bits per heavy atom. The maximum atomic E-state index is 4.70. The first kappa shape index (κ1) is 13.1. The van der Waals surface area contributed by atoms with Crippen molar-refractivity contribution in [1.29, 1.82) is 0 Å². The van der Waals surface area contributed by atoms with Crippen molar-refractivity contribution in [2.75, 3.05) is 23.5 Å². The number of benzene rings is 2. The van der Waals surface area contributed by atoms with Crippen LogP contribution in [0, 0.1) is 0 Å². The molecule has 102 valence electrons. The second-order valence-corrected chi connectivity index (χ2v) is 5.54. The number of H-pyrrole nitrogens is 1. The molecule has 0 unspecified atom stereocenters. The van der Waals surface area contributed by atoms with Crippen LogP contribution >= 0.6 is 11.8 Å². The minimum Gasteiger partial charge on any atom is -0.324 e. The van der Waals surface area contributed by atoms with Gasteiger partial charge in [-0.1, -0.05) is 30.3 Å². The fourth-order valence-electron chi connectivity index (χ4n) is 2.21. The van der Waals surface area contributed by atoms with Crippen LogP contribution in [-0.4, -0.2) is 28.5 Å². The molecular formula is C16H17N3S. The van der Waals surface area contributed by atoms with Gasteiger partial charge in [0.1, 0.15) is 0 Å². The van der Waals surface area contributed by atoms with E-state index in [1.165, 1.54) is 5.69 Å². The van der Waals surface area contributed by atoms with Crippen molar-refractivity contribution in [3.05, 3.63) is 54.6 Å². The third kappa shape index (κ3) is 2.65. The lowest BCUT2D eigenvalue weighted by Gasteiger charge is -2.21. The molecule has 3 rings (SSSR count). The summed E-state index contributed by atoms with van der Waals surface area (Å²) in [5.74, 6) is 1.97. The van der Waals surface area contributed by atoms with Crippen LogP contribution in [0.1, 0.15) is 0 Å². The predicted octanol–water partition coefficient (Wildman–Crippen LogP) is 4.06. The van der Waals surface area contributed by atoms with Crippen LogP contribution in [0.4, 0.5) is 11.6 Å². The summed E-state index contributed by atoms with van der Waals surface area (Å²) in [4.78, 5) is 10.3. The van der Waals surface area contributed by atoms with Gasteiger partial charge in [0.2, 0.25) is 5.95 Å². The van der Waals surface area contributed by atoms with E-state index in [1.807, 2.05) is 36.0 Å². The van der Waals surface area contributed by atoms with E-state index in [-0.39, 0.29) is 0 Å². The number of nitrogens with zero attached hydrogens (tertiary/aromatic N) is 2. The minimum atomic E-state index is 0.909. The van der Waals surface area contributed by atoms with E-state index in [0.717, 1.165) is 29.3 Å². The number of thioether (sulfide) groups is 1. The fourth-order valence-corrected chi connectivity index (χ4v) is 2.58. The summed E-state index contributed by atoms with van der Waals surface area (Å²) in [7, 11) is 0. The molecule has 0 aliphatic heterocycles. The summed E-state index contributed by atoms with van der Waals surface area (Å²) in [6.45, 7) is 0.936. The molecular weight excluding hydrogens is 266 g/mol. The fraction of sp³-hybridized carbons (Fsp3) is 0.188. The van der Waals surface area contributed by atoms with Crippen molar-refractivity contribution in [2.24, 2.45) is 0 Å². The normalized spacial score (nSPS) is 10.8. The number of rotatable bonds is 5. The van der Waals surface area contributed by atoms with Gasteiger partial charge in [0, 0.05) is 18.0 Å². The highest BCUT2D eigenvalue weighted by Gasteiger charge is 2.12. The second-order valence-electron chi connectivity index (χ2n) is 4.56. The molecule has 0 amide bonds. The highest BCUT2D eigenvalue weighted by atomic mass is 32.2. The lowest BCUT2D eigenvalue weighted by Crippen LogP contribution is -2.21. The predicted molar refractivity (Wildman–Crippen MR) is 87.9 cm³/mol. The number of hydrogen-bond donors (Lipinski definition) is 1. The smallest absolute Gasteiger partial charge is 0.208 e. The van der Waals surface area contributed by atoms with Gasteiger partial charge in [0.15, 0.2) is 0 Å². The van der Waals surface area contributed by atoms with Gasteiger partial charge < -0.3 is 9.88 Å². The van der Waals surface area contributed by atoms with Crippen molar-refractivity contribution in [1.82, 2.24) is 9.97 Å². The molecule has 0 fully saturated rings. The average Bonchev–Trinajstić information content (AvgIpc) is 2.92. The number of aromatic amines is 1. The standard InChI is InChI=1S/C16H17N3S/c1-20-12-11-19(13-7-3-2-4-8-13)16-17-14-9-5-6-10-15(14)18-16/h2-10H,11-12H2,1H3,(H,17,18). The molecule has 2 aromatic carbocycles. The summed E-state index contributed by atoms with van der Waals surface area (Å²) in [5, 5.41) is 0. The van der Waals surface area contributed by atoms with E-state index in [4.69, 9.17) is 4.98 Å². The maximum Gasteiger partial charge on any atom is 0.208 e. The third-order valence-corrected chi connectivity index (χ3v) is 3.81. The van der Waals surface area contributed by atoms with Gasteiger partial charge in [-0.25, -0.2) is 4.98 Å². The molecule has 0 bridgehead atoms. The molecule has 0 saturated carbocycles. The van der Waals surface area contributed by atoms with Gasteiger partial charge in [-0.3, -0.25) is 0 Å². The molecule has 3 aromatic rings. The molecule has 4 heteroatoms. The van der Waals surface area contributed by atoms with Crippen LogP contribution < -0.4 is 4.90 Å². The quantitative estimate of drug-likeness (QED) is 0.766. The van der Waals surface area contributed by atoms with E-state index in [2.05, 4.69) is 46.5 Å². The Kier molecular flexibility index (Phi) is 3.92. The van der Waals surface area contributed by atoms with E-state index in [9.17, 15) is 0 Å². The number of fused-ring (bicyclic) bond motifs is 1. The van der Waals surface area contributed by atoms with Crippen LogP contribution in [-0.2, 0) is 0 Å². The van der Waals surface area contributed by atoms with Crippen molar-refractivity contribution < 1.29 is 0 Å². The summed E-state index contributed by atoms with van der Waals surface area (Å²) in [5.41, 5.74) is 3.25. The first-order valence-corrected chi connectivity index (χ1v) is 8.04. The first-order valence-electron chi connectivity index (χ1n) is 6.65. The van der Waals surface area contributed by atoms with Crippen LogP contribution in [0.2, 0.25) is 0 Å². The van der Waals surface area contributed by atoms with Gasteiger partial charge in [-0.15, -0.1) is 0 Å². The average molecular weight is 283 g/mol.